The molecule has 0 aliphatic rings. The summed E-state index contributed by atoms with van der Waals surface area (Å²) in [6.45, 7) is 0. The number of para-hydroxylation sites is 1. The first kappa shape index (κ1) is 18.8. The number of nitrogens with zero attached hydrogens (tertiary/aromatic N) is 4. The maximum atomic E-state index is 13.5. The van der Waals surface area contributed by atoms with E-state index in [-0.39, 0.29) is 5.69 Å². The molecule has 3 rings (SSSR count). The minimum atomic E-state index is -4.84. The van der Waals surface area contributed by atoms with Crippen LogP contribution in [0.15, 0.2) is 65.9 Å². The summed E-state index contributed by atoms with van der Waals surface area (Å²) in [4.78, 5) is 16.7. The van der Waals surface area contributed by atoms with Gasteiger partial charge >= 0.3 is 12.1 Å². The van der Waals surface area contributed by atoms with E-state index in [1.807, 2.05) is 6.07 Å². The second-order valence-corrected chi connectivity index (χ2v) is 5.50. The van der Waals surface area contributed by atoms with Crippen molar-refractivity contribution in [3.63, 3.8) is 0 Å². The number of rotatable bonds is 4. The lowest BCUT2D eigenvalue weighted by Gasteiger charge is -2.11. The molecule has 6 nitrogen and oxygen atoms in total. The Morgan fingerprint density at radius 3 is 2.43 bits per heavy atom. The largest absolute Gasteiger partial charge is 0.434 e. The van der Waals surface area contributed by atoms with Crippen LogP contribution in [0.3, 0.4) is 0 Å². The second-order valence-electron chi connectivity index (χ2n) is 5.50. The van der Waals surface area contributed by atoms with Crippen LogP contribution in [0, 0.1) is 11.3 Å². The first-order chi connectivity index (χ1) is 13.4. The summed E-state index contributed by atoms with van der Waals surface area (Å²) in [5, 5.41) is 15.8. The van der Waals surface area contributed by atoms with Gasteiger partial charge in [0.2, 0.25) is 0 Å². The highest BCUT2D eigenvalue weighted by Gasteiger charge is 2.41. The molecule has 2 aromatic carbocycles. The fourth-order valence-electron chi connectivity index (χ4n) is 2.36. The standard InChI is InChI=1S/C19H11F3N4O2/c20-19(21,22)17-16(12-24-26(17)15-4-2-1-3-5-15)18(27)28-25-11-14-8-6-13(10-23)7-9-14/h1-9,11-12H. The number of aromatic nitrogens is 2. The molecule has 0 spiro atoms. The van der Waals surface area contributed by atoms with Gasteiger partial charge in [0.1, 0.15) is 5.56 Å². The normalized spacial score (nSPS) is 11.4. The molecule has 140 valence electrons. The Bertz CT molecular complexity index is 1050. The lowest BCUT2D eigenvalue weighted by atomic mass is 10.2. The van der Waals surface area contributed by atoms with Crippen molar-refractivity contribution in [1.29, 1.82) is 5.26 Å². The third-order valence-electron chi connectivity index (χ3n) is 3.64. The summed E-state index contributed by atoms with van der Waals surface area (Å²) in [7, 11) is 0. The molecule has 1 heterocycles. The third-order valence-corrected chi connectivity index (χ3v) is 3.64. The third kappa shape index (κ3) is 4.07. The van der Waals surface area contributed by atoms with Crippen LogP contribution >= 0.6 is 0 Å². The van der Waals surface area contributed by atoms with Gasteiger partial charge in [0.15, 0.2) is 5.69 Å². The quantitative estimate of drug-likeness (QED) is 0.388. The predicted molar refractivity (Wildman–Crippen MR) is 92.7 cm³/mol. The van der Waals surface area contributed by atoms with E-state index in [0.717, 1.165) is 12.4 Å². The number of alkyl halides is 3. The van der Waals surface area contributed by atoms with Gasteiger partial charge in [-0.15, -0.1) is 0 Å². The summed E-state index contributed by atoms with van der Waals surface area (Å²) in [6, 6.07) is 15.7. The Kier molecular flexibility index (Phi) is 5.22. The van der Waals surface area contributed by atoms with Gasteiger partial charge in [0.05, 0.1) is 29.7 Å². The number of benzene rings is 2. The zero-order valence-corrected chi connectivity index (χ0v) is 14.1. The summed E-state index contributed by atoms with van der Waals surface area (Å²) in [5.74, 6) is -1.29. The van der Waals surface area contributed by atoms with Crippen LogP contribution < -0.4 is 0 Å². The lowest BCUT2D eigenvalue weighted by molar-refractivity contribution is -0.143. The molecule has 0 fully saturated rings. The lowest BCUT2D eigenvalue weighted by Crippen LogP contribution is -2.17. The van der Waals surface area contributed by atoms with E-state index in [9.17, 15) is 18.0 Å². The number of carbonyl (C=O) groups is 1. The smallest absolute Gasteiger partial charge is 0.313 e. The minimum absolute atomic E-state index is 0.148. The topological polar surface area (TPSA) is 80.3 Å². The van der Waals surface area contributed by atoms with E-state index < -0.39 is 23.4 Å². The average Bonchev–Trinajstić information content (AvgIpc) is 3.15. The molecule has 0 amide bonds. The number of oxime groups is 1. The van der Waals surface area contributed by atoms with Gasteiger partial charge in [0.25, 0.3) is 0 Å². The summed E-state index contributed by atoms with van der Waals surface area (Å²) < 4.78 is 41.2. The Hall–Kier alpha value is -3.93. The zero-order chi connectivity index (χ0) is 20.1. The zero-order valence-electron chi connectivity index (χ0n) is 14.1. The molecule has 0 atom stereocenters. The fraction of sp³-hybridized carbons (Fsp3) is 0.0526. The molecule has 3 aromatic rings. The summed E-state index contributed by atoms with van der Waals surface area (Å²) in [6.07, 6.45) is -2.90. The van der Waals surface area contributed by atoms with Crippen molar-refractivity contribution in [3.05, 3.63) is 83.2 Å². The molecule has 9 heteroatoms. The fourth-order valence-corrected chi connectivity index (χ4v) is 2.36. The average molecular weight is 384 g/mol. The predicted octanol–water partition coefficient (Wildman–Crippen LogP) is 3.95. The number of hydrogen-bond acceptors (Lipinski definition) is 5. The van der Waals surface area contributed by atoms with Gasteiger partial charge in [-0.3, -0.25) is 0 Å². The van der Waals surface area contributed by atoms with E-state index in [0.29, 0.717) is 15.8 Å². The van der Waals surface area contributed by atoms with E-state index in [1.54, 1.807) is 30.3 Å². The van der Waals surface area contributed by atoms with Crippen molar-refractivity contribution >= 4 is 12.2 Å². The number of nitriles is 1. The van der Waals surface area contributed by atoms with Crippen LogP contribution in [0.25, 0.3) is 5.69 Å². The van der Waals surface area contributed by atoms with Gasteiger partial charge in [-0.25, -0.2) is 9.48 Å². The molecule has 0 bridgehead atoms. The van der Waals surface area contributed by atoms with Gasteiger partial charge in [-0.05, 0) is 29.8 Å². The van der Waals surface area contributed by atoms with Crippen molar-refractivity contribution in [2.45, 2.75) is 6.18 Å². The van der Waals surface area contributed by atoms with Gasteiger partial charge in [-0.1, -0.05) is 35.5 Å². The molecule has 0 saturated carbocycles. The molecule has 0 saturated heterocycles. The molecule has 0 N–H and O–H groups in total. The number of halogens is 3. The Morgan fingerprint density at radius 1 is 1.14 bits per heavy atom. The monoisotopic (exact) mass is 384 g/mol. The van der Waals surface area contributed by atoms with Crippen LogP contribution in [0.2, 0.25) is 0 Å². The highest BCUT2D eigenvalue weighted by Crippen LogP contribution is 2.33. The second kappa shape index (κ2) is 7.75. The molecule has 0 unspecified atom stereocenters. The maximum absolute atomic E-state index is 13.5. The molecule has 28 heavy (non-hydrogen) atoms. The van der Waals surface area contributed by atoms with E-state index >= 15 is 0 Å². The number of hydrogen-bond donors (Lipinski definition) is 0. The van der Waals surface area contributed by atoms with Gasteiger partial charge in [-0.2, -0.15) is 23.5 Å². The van der Waals surface area contributed by atoms with Crippen LogP contribution in [0.5, 0.6) is 0 Å². The first-order valence-electron chi connectivity index (χ1n) is 7.85. The van der Waals surface area contributed by atoms with Crippen LogP contribution in [-0.4, -0.2) is 22.0 Å². The molecular weight excluding hydrogens is 373 g/mol. The Morgan fingerprint density at radius 2 is 1.82 bits per heavy atom. The van der Waals surface area contributed by atoms with Crippen LogP contribution in [0.4, 0.5) is 13.2 Å². The summed E-state index contributed by atoms with van der Waals surface area (Å²) in [5.41, 5.74) is -0.930. The van der Waals surface area contributed by atoms with Crippen molar-refractivity contribution in [2.24, 2.45) is 5.16 Å². The maximum Gasteiger partial charge on any atom is 0.434 e. The SMILES string of the molecule is N#Cc1ccc(C=NOC(=O)c2cnn(-c3ccccc3)c2C(F)(F)F)cc1. The van der Waals surface area contributed by atoms with Crippen LogP contribution in [0.1, 0.15) is 27.2 Å². The van der Waals surface area contributed by atoms with Crippen molar-refractivity contribution in [2.75, 3.05) is 0 Å². The first-order valence-corrected chi connectivity index (χ1v) is 7.85. The summed E-state index contributed by atoms with van der Waals surface area (Å²) >= 11 is 0. The van der Waals surface area contributed by atoms with Crippen molar-refractivity contribution in [3.8, 4) is 11.8 Å². The number of carbonyl (C=O) groups excluding carboxylic acids is 1. The molecule has 0 aliphatic heterocycles. The molecule has 0 radical (unpaired) electrons. The minimum Gasteiger partial charge on any atom is -0.313 e. The van der Waals surface area contributed by atoms with Crippen molar-refractivity contribution < 1.29 is 22.8 Å². The van der Waals surface area contributed by atoms with Crippen molar-refractivity contribution in [1.82, 2.24) is 9.78 Å². The molecular formula is C19H11F3N4O2. The molecule has 1 aromatic heterocycles. The van der Waals surface area contributed by atoms with E-state index in [4.69, 9.17) is 5.26 Å². The molecule has 0 aliphatic carbocycles. The van der Waals surface area contributed by atoms with E-state index in [1.165, 1.54) is 24.3 Å². The highest BCUT2D eigenvalue weighted by atomic mass is 19.4. The Balaban J connectivity index is 1.84. The highest BCUT2D eigenvalue weighted by molar-refractivity contribution is 5.91. The van der Waals surface area contributed by atoms with E-state index in [2.05, 4.69) is 15.1 Å². The Labute approximate surface area is 157 Å². The van der Waals surface area contributed by atoms with Gasteiger partial charge < -0.3 is 4.84 Å². The van der Waals surface area contributed by atoms with Gasteiger partial charge in [0, 0.05) is 0 Å². The van der Waals surface area contributed by atoms with Crippen LogP contribution in [-0.2, 0) is 11.0 Å².